The number of carbonyl (C=O) groups is 2. The van der Waals surface area contributed by atoms with E-state index in [1.165, 1.54) is 5.56 Å². The number of rotatable bonds is 0. The van der Waals surface area contributed by atoms with E-state index in [9.17, 15) is 9.59 Å². The molecule has 2 bridgehead atoms. The molecule has 118 valence electrons. The summed E-state index contributed by atoms with van der Waals surface area (Å²) in [5.74, 6) is 0.699. The predicted molar refractivity (Wildman–Crippen MR) is 85.1 cm³/mol. The zero-order chi connectivity index (χ0) is 15.4. The van der Waals surface area contributed by atoms with E-state index in [1.54, 1.807) is 0 Å². The third-order valence-electron chi connectivity index (χ3n) is 7.77. The van der Waals surface area contributed by atoms with Crippen LogP contribution >= 0.6 is 0 Å². The molecule has 7 rings (SSSR count). The molecule has 1 aromatic carbocycles. The Balaban J connectivity index is 1.70. The third kappa shape index (κ3) is 1.06. The van der Waals surface area contributed by atoms with Gasteiger partial charge in [0.2, 0.25) is 5.91 Å². The average Bonchev–Trinajstić information content (AvgIpc) is 3.11. The van der Waals surface area contributed by atoms with Crippen LogP contribution in [0.5, 0.6) is 0 Å². The van der Waals surface area contributed by atoms with Crippen molar-refractivity contribution in [3.8, 4) is 0 Å². The van der Waals surface area contributed by atoms with E-state index in [2.05, 4.69) is 28.4 Å². The highest BCUT2D eigenvalue weighted by Crippen LogP contribution is 2.71. The lowest BCUT2D eigenvalue weighted by Crippen LogP contribution is -2.76. The number of benzene rings is 1. The van der Waals surface area contributed by atoms with Crippen LogP contribution in [0, 0.1) is 5.41 Å². The first kappa shape index (κ1) is 12.6. The van der Waals surface area contributed by atoms with E-state index in [0.717, 1.165) is 37.9 Å². The van der Waals surface area contributed by atoms with Crippen LogP contribution in [0.25, 0.3) is 0 Å². The number of hydrogen-bond acceptors (Lipinski definition) is 3. The Morgan fingerprint density at radius 3 is 2.83 bits per heavy atom. The second kappa shape index (κ2) is 3.47. The molecule has 3 aliphatic carbocycles. The van der Waals surface area contributed by atoms with Crippen LogP contribution in [-0.4, -0.2) is 34.7 Å². The Kier molecular flexibility index (Phi) is 1.90. The van der Waals surface area contributed by atoms with Crippen molar-refractivity contribution in [3.63, 3.8) is 0 Å². The number of para-hydroxylation sites is 1. The fourth-order valence-corrected chi connectivity index (χ4v) is 7.05. The SMILES string of the molecule is O=C1CCC23CCC4(Nc5ccccc5C45CCN1C25)C(=O)C3. The molecule has 3 aliphatic heterocycles. The molecule has 6 aliphatic rings. The van der Waals surface area contributed by atoms with Crippen molar-refractivity contribution >= 4 is 17.4 Å². The Labute approximate surface area is 135 Å². The van der Waals surface area contributed by atoms with E-state index in [-0.39, 0.29) is 16.9 Å². The number of hydrogen-bond donors (Lipinski definition) is 1. The van der Waals surface area contributed by atoms with E-state index in [1.807, 2.05) is 6.07 Å². The van der Waals surface area contributed by atoms with Crippen molar-refractivity contribution in [1.29, 1.82) is 0 Å². The number of Topliss-reactive ketones (excluding diaryl/α,β-unsaturated/α-hetero) is 1. The smallest absolute Gasteiger partial charge is 0.222 e. The van der Waals surface area contributed by atoms with Gasteiger partial charge in [0.05, 0.1) is 11.5 Å². The summed E-state index contributed by atoms with van der Waals surface area (Å²) in [5.41, 5.74) is 1.79. The fourth-order valence-electron chi connectivity index (χ4n) is 7.05. The van der Waals surface area contributed by atoms with Crippen molar-refractivity contribution in [2.75, 3.05) is 11.9 Å². The van der Waals surface area contributed by atoms with Gasteiger partial charge in [-0.05, 0) is 42.7 Å². The first-order valence-corrected chi connectivity index (χ1v) is 8.84. The predicted octanol–water partition coefficient (Wildman–Crippen LogP) is 2.24. The number of piperidine rings is 1. The summed E-state index contributed by atoms with van der Waals surface area (Å²) in [5, 5.41) is 3.66. The first-order valence-electron chi connectivity index (χ1n) is 8.84. The maximum absolute atomic E-state index is 13.3. The lowest BCUT2D eigenvalue weighted by molar-refractivity contribution is -0.164. The van der Waals surface area contributed by atoms with Crippen LogP contribution in [0.15, 0.2) is 24.3 Å². The Bertz CT molecular complexity index is 789. The summed E-state index contributed by atoms with van der Waals surface area (Å²) < 4.78 is 0. The highest BCUT2D eigenvalue weighted by Gasteiger charge is 2.79. The van der Waals surface area contributed by atoms with Crippen molar-refractivity contribution in [3.05, 3.63) is 29.8 Å². The molecule has 1 amide bonds. The molecule has 3 spiro atoms. The minimum Gasteiger partial charge on any atom is -0.372 e. The summed E-state index contributed by atoms with van der Waals surface area (Å²) in [6.45, 7) is 0.816. The minimum atomic E-state index is -0.463. The maximum Gasteiger partial charge on any atom is 0.222 e. The van der Waals surface area contributed by atoms with E-state index < -0.39 is 5.54 Å². The van der Waals surface area contributed by atoms with Gasteiger partial charge in [0.25, 0.3) is 0 Å². The summed E-state index contributed by atoms with van der Waals surface area (Å²) in [6.07, 6.45) is 5.13. The number of anilines is 1. The molecule has 3 heterocycles. The molecule has 4 atom stereocenters. The first-order chi connectivity index (χ1) is 11.1. The summed E-state index contributed by atoms with van der Waals surface area (Å²) in [4.78, 5) is 28.0. The fraction of sp³-hybridized carbons (Fsp3) is 0.579. The monoisotopic (exact) mass is 308 g/mol. The van der Waals surface area contributed by atoms with Crippen LogP contribution < -0.4 is 5.32 Å². The average molecular weight is 308 g/mol. The standard InChI is InChI=1S/C19H20N2O2/c22-14-11-17-6-5-15(23)21-10-9-18(16(17)21)12-3-1-2-4-13(12)20-19(14,18)8-7-17/h1-4,16,20H,5-11H2. The molecule has 1 N–H and O–H groups in total. The molecule has 4 heteroatoms. The molecule has 0 radical (unpaired) electrons. The van der Waals surface area contributed by atoms with Gasteiger partial charge < -0.3 is 10.2 Å². The van der Waals surface area contributed by atoms with Crippen LogP contribution in [0.4, 0.5) is 5.69 Å². The number of nitrogens with one attached hydrogen (secondary N) is 1. The van der Waals surface area contributed by atoms with Gasteiger partial charge in [-0.15, -0.1) is 0 Å². The molecular weight excluding hydrogens is 288 g/mol. The molecule has 2 saturated heterocycles. The molecule has 5 fully saturated rings. The molecule has 23 heavy (non-hydrogen) atoms. The quantitative estimate of drug-likeness (QED) is 0.799. The van der Waals surface area contributed by atoms with Crippen molar-refractivity contribution in [1.82, 2.24) is 4.90 Å². The normalized spacial score (nSPS) is 45.6. The second-order valence-electron chi connectivity index (χ2n) is 8.25. The number of amides is 1. The Morgan fingerprint density at radius 2 is 1.96 bits per heavy atom. The van der Waals surface area contributed by atoms with Crippen LogP contribution in [0.1, 0.15) is 44.1 Å². The van der Waals surface area contributed by atoms with Gasteiger partial charge in [0.1, 0.15) is 5.54 Å². The van der Waals surface area contributed by atoms with E-state index in [0.29, 0.717) is 24.5 Å². The lowest BCUT2D eigenvalue weighted by atomic mass is 9.41. The van der Waals surface area contributed by atoms with Gasteiger partial charge in [-0.2, -0.15) is 0 Å². The maximum atomic E-state index is 13.3. The van der Waals surface area contributed by atoms with Gasteiger partial charge in [-0.25, -0.2) is 0 Å². The topological polar surface area (TPSA) is 49.4 Å². The molecule has 3 saturated carbocycles. The van der Waals surface area contributed by atoms with E-state index >= 15 is 0 Å². The van der Waals surface area contributed by atoms with Crippen molar-refractivity contribution < 1.29 is 9.59 Å². The van der Waals surface area contributed by atoms with Gasteiger partial charge in [-0.1, -0.05) is 18.2 Å². The van der Waals surface area contributed by atoms with Gasteiger partial charge in [-0.3, -0.25) is 9.59 Å². The van der Waals surface area contributed by atoms with Crippen LogP contribution in [0.3, 0.4) is 0 Å². The molecule has 4 unspecified atom stereocenters. The molecular formula is C19H20N2O2. The minimum absolute atomic E-state index is 0.0301. The molecule has 0 aromatic heterocycles. The lowest BCUT2D eigenvalue weighted by Gasteiger charge is -2.65. The second-order valence-corrected chi connectivity index (χ2v) is 8.25. The zero-order valence-corrected chi connectivity index (χ0v) is 13.1. The number of fused-ring (bicyclic) bond motifs is 3. The summed E-state index contributed by atoms with van der Waals surface area (Å²) >= 11 is 0. The van der Waals surface area contributed by atoms with Gasteiger partial charge >= 0.3 is 0 Å². The van der Waals surface area contributed by atoms with Crippen LogP contribution in [-0.2, 0) is 15.0 Å². The molecule has 4 nitrogen and oxygen atoms in total. The summed E-state index contributed by atoms with van der Waals surface area (Å²) in [7, 11) is 0. The Hall–Kier alpha value is -1.84. The summed E-state index contributed by atoms with van der Waals surface area (Å²) in [6, 6.07) is 8.65. The highest BCUT2D eigenvalue weighted by atomic mass is 16.2. The molecule has 1 aromatic rings. The van der Waals surface area contributed by atoms with Gasteiger partial charge in [0, 0.05) is 25.1 Å². The van der Waals surface area contributed by atoms with Crippen LogP contribution in [0.2, 0.25) is 0 Å². The van der Waals surface area contributed by atoms with Gasteiger partial charge in [0.15, 0.2) is 5.78 Å². The third-order valence-corrected chi connectivity index (χ3v) is 7.77. The van der Waals surface area contributed by atoms with Crippen molar-refractivity contribution in [2.24, 2.45) is 5.41 Å². The number of ketones is 1. The largest absolute Gasteiger partial charge is 0.372 e. The number of nitrogens with zero attached hydrogens (tertiary/aromatic N) is 1. The number of carbonyl (C=O) groups excluding carboxylic acids is 2. The van der Waals surface area contributed by atoms with Crippen molar-refractivity contribution in [2.45, 2.75) is 55.5 Å². The van der Waals surface area contributed by atoms with E-state index in [4.69, 9.17) is 0 Å². The zero-order valence-electron chi connectivity index (χ0n) is 13.1. The highest BCUT2D eigenvalue weighted by molar-refractivity contribution is 6.00. The Morgan fingerprint density at radius 1 is 1.09 bits per heavy atom.